The largest absolute Gasteiger partial charge is 0.436 e. The lowest BCUT2D eigenvalue weighted by atomic mass is 9.82. The summed E-state index contributed by atoms with van der Waals surface area (Å²) in [6, 6.07) is 27.7. The van der Waals surface area contributed by atoms with E-state index in [9.17, 15) is 0 Å². The van der Waals surface area contributed by atoms with Crippen LogP contribution in [0.1, 0.15) is 25.0 Å². The first-order valence-electron chi connectivity index (χ1n) is 10.7. The highest BCUT2D eigenvalue weighted by atomic mass is 16.3. The van der Waals surface area contributed by atoms with Gasteiger partial charge in [-0.2, -0.15) is 0 Å². The second kappa shape index (κ2) is 5.64. The van der Waals surface area contributed by atoms with E-state index in [0.717, 1.165) is 27.7 Å². The molecule has 0 saturated carbocycles. The second-order valence-electron chi connectivity index (χ2n) is 8.99. The Kier molecular flexibility index (Phi) is 3.07. The van der Waals surface area contributed by atoms with Gasteiger partial charge in [0.2, 0.25) is 5.89 Å². The molecule has 0 saturated heterocycles. The number of aromatic nitrogens is 2. The summed E-state index contributed by atoms with van der Waals surface area (Å²) < 4.78 is 6.14. The number of hydrogen-bond acceptors (Lipinski definition) is 2. The minimum atomic E-state index is -0.00282. The minimum absolute atomic E-state index is 0.00282. The van der Waals surface area contributed by atoms with Crippen molar-refractivity contribution < 1.29 is 4.42 Å². The van der Waals surface area contributed by atoms with Crippen LogP contribution in [0.25, 0.3) is 55.5 Å². The Balaban J connectivity index is 1.49. The van der Waals surface area contributed by atoms with Crippen LogP contribution in [0.5, 0.6) is 0 Å². The summed E-state index contributed by atoms with van der Waals surface area (Å²) in [7, 11) is 0. The van der Waals surface area contributed by atoms with Gasteiger partial charge in [0.25, 0.3) is 0 Å². The molecule has 0 spiro atoms. The molecule has 0 fully saturated rings. The third-order valence-corrected chi connectivity index (χ3v) is 6.83. The molecule has 0 unspecified atom stereocenters. The molecule has 4 aromatic carbocycles. The Morgan fingerprint density at radius 1 is 0.742 bits per heavy atom. The third-order valence-electron chi connectivity index (χ3n) is 6.83. The molecule has 1 aliphatic carbocycles. The zero-order chi connectivity index (χ0) is 20.7. The molecule has 1 N–H and O–H groups in total. The Morgan fingerprint density at radius 2 is 1.48 bits per heavy atom. The van der Waals surface area contributed by atoms with Gasteiger partial charge in [-0.1, -0.05) is 56.3 Å². The van der Waals surface area contributed by atoms with Crippen LogP contribution in [0, 0.1) is 0 Å². The lowest BCUT2D eigenvalue weighted by molar-refractivity contribution is 0.620. The Hall–Kier alpha value is -3.85. The number of rotatable bonds is 1. The lowest BCUT2D eigenvalue weighted by Gasteiger charge is -2.21. The maximum atomic E-state index is 6.14. The van der Waals surface area contributed by atoms with Crippen molar-refractivity contribution in [2.45, 2.75) is 19.3 Å². The summed E-state index contributed by atoms with van der Waals surface area (Å²) in [5.74, 6) is 0.657. The van der Waals surface area contributed by atoms with Crippen molar-refractivity contribution in [2.24, 2.45) is 0 Å². The van der Waals surface area contributed by atoms with E-state index in [1.165, 1.54) is 33.0 Å². The first kappa shape index (κ1) is 16.9. The van der Waals surface area contributed by atoms with Crippen LogP contribution < -0.4 is 0 Å². The number of hydrogen-bond donors (Lipinski definition) is 1. The summed E-state index contributed by atoms with van der Waals surface area (Å²) in [4.78, 5) is 8.36. The van der Waals surface area contributed by atoms with Gasteiger partial charge < -0.3 is 9.40 Å². The van der Waals surface area contributed by atoms with Gasteiger partial charge in [-0.05, 0) is 58.7 Å². The predicted molar refractivity (Wildman–Crippen MR) is 126 cm³/mol. The van der Waals surface area contributed by atoms with Gasteiger partial charge >= 0.3 is 0 Å². The van der Waals surface area contributed by atoms with Crippen LogP contribution in [0.3, 0.4) is 0 Å². The zero-order valence-corrected chi connectivity index (χ0v) is 17.4. The Labute approximate surface area is 179 Å². The number of nitrogens with one attached hydrogen (secondary N) is 1. The number of oxazole rings is 1. The molecule has 2 heterocycles. The predicted octanol–water partition coefficient (Wildman–Crippen LogP) is 7.44. The van der Waals surface area contributed by atoms with Crippen molar-refractivity contribution >= 4 is 32.9 Å². The summed E-state index contributed by atoms with van der Waals surface area (Å²) in [6.45, 7) is 4.63. The fourth-order valence-corrected chi connectivity index (χ4v) is 5.22. The fourth-order valence-electron chi connectivity index (χ4n) is 5.22. The number of benzene rings is 4. The molecular formula is C28H20N2O. The number of aromatic amines is 1. The van der Waals surface area contributed by atoms with E-state index in [2.05, 4.69) is 67.4 Å². The van der Waals surface area contributed by atoms with Crippen LogP contribution in [-0.2, 0) is 5.41 Å². The molecule has 2 aromatic heterocycles. The van der Waals surface area contributed by atoms with Gasteiger partial charge in [-0.25, -0.2) is 4.98 Å². The van der Waals surface area contributed by atoms with Crippen molar-refractivity contribution in [1.29, 1.82) is 0 Å². The smallest absolute Gasteiger partial charge is 0.227 e. The normalized spacial score (nSPS) is 14.4. The van der Waals surface area contributed by atoms with Crippen molar-refractivity contribution in [3.05, 3.63) is 90.0 Å². The molecule has 1 aliphatic rings. The number of nitrogens with zero attached hydrogens (tertiary/aromatic N) is 1. The molecule has 148 valence electrons. The standard InChI is InChI=1S/C28H20N2O/c1-28(2)21-11-7-6-10-17(21)18-12-19-20-13-26-25(15-24(20)29-23(19)14-22(18)28)30-27(31-26)16-8-4-3-5-9-16/h3-15,29H,1-2H3. The van der Waals surface area contributed by atoms with Crippen molar-refractivity contribution in [1.82, 2.24) is 9.97 Å². The summed E-state index contributed by atoms with van der Waals surface area (Å²) in [6.07, 6.45) is 0. The first-order chi connectivity index (χ1) is 15.1. The van der Waals surface area contributed by atoms with Crippen molar-refractivity contribution in [3.63, 3.8) is 0 Å². The Bertz CT molecular complexity index is 1650. The van der Waals surface area contributed by atoms with Crippen LogP contribution in [0.2, 0.25) is 0 Å². The fraction of sp³-hybridized carbons (Fsp3) is 0.107. The molecule has 0 amide bonds. The SMILES string of the molecule is CC1(C)c2ccccc2-c2cc3c(cc21)[nH]c1cc2nc(-c4ccccc4)oc2cc13. The van der Waals surface area contributed by atoms with Crippen LogP contribution >= 0.6 is 0 Å². The van der Waals surface area contributed by atoms with Gasteiger partial charge in [-0.3, -0.25) is 0 Å². The molecule has 6 aromatic rings. The molecular weight excluding hydrogens is 380 g/mol. The maximum absolute atomic E-state index is 6.14. The molecule has 31 heavy (non-hydrogen) atoms. The van der Waals surface area contributed by atoms with Crippen LogP contribution in [-0.4, -0.2) is 9.97 Å². The quantitative estimate of drug-likeness (QED) is 0.312. The maximum Gasteiger partial charge on any atom is 0.227 e. The second-order valence-corrected chi connectivity index (χ2v) is 8.99. The first-order valence-corrected chi connectivity index (χ1v) is 10.7. The summed E-state index contributed by atoms with van der Waals surface area (Å²) in [5, 5.41) is 2.39. The monoisotopic (exact) mass is 400 g/mol. The van der Waals surface area contributed by atoms with E-state index in [-0.39, 0.29) is 5.41 Å². The van der Waals surface area contributed by atoms with E-state index >= 15 is 0 Å². The van der Waals surface area contributed by atoms with Crippen LogP contribution in [0.15, 0.2) is 83.3 Å². The molecule has 0 bridgehead atoms. The third kappa shape index (κ3) is 2.21. The van der Waals surface area contributed by atoms with Gasteiger partial charge in [0.15, 0.2) is 5.58 Å². The van der Waals surface area contributed by atoms with Gasteiger partial charge in [0.05, 0.1) is 0 Å². The molecule has 0 aliphatic heterocycles. The van der Waals surface area contributed by atoms with E-state index in [4.69, 9.17) is 9.40 Å². The molecule has 3 nitrogen and oxygen atoms in total. The van der Waals surface area contributed by atoms with E-state index in [0.29, 0.717) is 5.89 Å². The highest BCUT2D eigenvalue weighted by Crippen LogP contribution is 2.50. The Morgan fingerprint density at radius 3 is 2.35 bits per heavy atom. The number of H-pyrrole nitrogens is 1. The highest BCUT2D eigenvalue weighted by molar-refractivity contribution is 6.12. The van der Waals surface area contributed by atoms with E-state index < -0.39 is 0 Å². The molecule has 0 atom stereocenters. The summed E-state index contributed by atoms with van der Waals surface area (Å²) >= 11 is 0. The molecule has 3 heteroatoms. The topological polar surface area (TPSA) is 41.8 Å². The minimum Gasteiger partial charge on any atom is -0.436 e. The van der Waals surface area contributed by atoms with Gasteiger partial charge in [0.1, 0.15) is 5.52 Å². The van der Waals surface area contributed by atoms with E-state index in [1.807, 2.05) is 30.3 Å². The lowest BCUT2D eigenvalue weighted by Crippen LogP contribution is -2.14. The number of fused-ring (bicyclic) bond motifs is 7. The zero-order valence-electron chi connectivity index (χ0n) is 17.4. The average Bonchev–Trinajstić information content (AvgIpc) is 3.43. The van der Waals surface area contributed by atoms with E-state index in [1.54, 1.807) is 0 Å². The summed E-state index contributed by atoms with van der Waals surface area (Å²) in [5.41, 5.74) is 10.4. The highest BCUT2D eigenvalue weighted by Gasteiger charge is 2.35. The molecule has 7 rings (SSSR count). The average molecular weight is 400 g/mol. The molecule has 0 radical (unpaired) electrons. The van der Waals surface area contributed by atoms with Crippen molar-refractivity contribution in [2.75, 3.05) is 0 Å². The van der Waals surface area contributed by atoms with Crippen molar-refractivity contribution in [3.8, 4) is 22.6 Å². The van der Waals surface area contributed by atoms with Crippen LogP contribution in [0.4, 0.5) is 0 Å². The van der Waals surface area contributed by atoms with Gasteiger partial charge in [0, 0.05) is 32.8 Å². The van der Waals surface area contributed by atoms with Gasteiger partial charge in [-0.15, -0.1) is 0 Å².